The molecule has 1 aromatic heterocycles. The molecule has 2 aromatic rings. The van der Waals surface area contributed by atoms with Gasteiger partial charge in [0.15, 0.2) is 5.60 Å². The Balaban J connectivity index is 1.47. The van der Waals surface area contributed by atoms with Crippen LogP contribution < -0.4 is 0 Å². The molecule has 0 aliphatic heterocycles. The van der Waals surface area contributed by atoms with Crippen LogP contribution in [-0.2, 0) is 20.9 Å². The Morgan fingerprint density at radius 1 is 1.17 bits per heavy atom. The highest BCUT2D eigenvalue weighted by atomic mass is 16.5. The van der Waals surface area contributed by atoms with Crippen molar-refractivity contribution in [3.8, 4) is 11.5 Å². The van der Waals surface area contributed by atoms with E-state index in [1.54, 1.807) is 13.8 Å². The van der Waals surface area contributed by atoms with Crippen LogP contribution in [0.25, 0.3) is 11.5 Å². The molecular formula is C24H33NO5. The van der Waals surface area contributed by atoms with E-state index in [0.29, 0.717) is 37.5 Å². The number of hydrogen-bond donors (Lipinski definition) is 1. The minimum absolute atomic E-state index is 0.382. The summed E-state index contributed by atoms with van der Waals surface area (Å²) in [6, 6.07) is 8.12. The molecule has 3 rings (SSSR count). The molecule has 1 aromatic carbocycles. The molecular weight excluding hydrogens is 382 g/mol. The second-order valence-electron chi connectivity index (χ2n) is 8.93. The highest BCUT2D eigenvalue weighted by Gasteiger charge is 2.30. The van der Waals surface area contributed by atoms with Gasteiger partial charge < -0.3 is 19.0 Å². The van der Waals surface area contributed by atoms with Crippen molar-refractivity contribution in [2.24, 2.45) is 11.8 Å². The van der Waals surface area contributed by atoms with Crippen LogP contribution in [-0.4, -0.2) is 34.9 Å². The van der Waals surface area contributed by atoms with Gasteiger partial charge in [-0.2, -0.15) is 0 Å². The van der Waals surface area contributed by atoms with Gasteiger partial charge in [-0.3, -0.25) is 0 Å². The molecule has 1 heterocycles. The van der Waals surface area contributed by atoms with Crippen LogP contribution in [0.5, 0.6) is 0 Å². The zero-order chi connectivity index (χ0) is 21.7. The number of aryl methyl sites for hydroxylation is 2. The molecule has 0 amide bonds. The fourth-order valence-corrected chi connectivity index (χ4v) is 3.80. The molecule has 0 radical (unpaired) electrons. The lowest BCUT2D eigenvalue weighted by Crippen LogP contribution is -2.37. The SMILES string of the molecule is Cc1ccc(-c2nc(COCC3CCCC(COC(C)(C)C(=O)O)C3)c(C)o2)cc1. The highest BCUT2D eigenvalue weighted by Crippen LogP contribution is 2.31. The molecule has 30 heavy (non-hydrogen) atoms. The van der Waals surface area contributed by atoms with Crippen LogP contribution >= 0.6 is 0 Å². The van der Waals surface area contributed by atoms with Crippen LogP contribution in [0.1, 0.15) is 56.5 Å². The van der Waals surface area contributed by atoms with Crippen molar-refractivity contribution in [3.63, 3.8) is 0 Å². The van der Waals surface area contributed by atoms with Crippen LogP contribution in [0.3, 0.4) is 0 Å². The van der Waals surface area contributed by atoms with Crippen LogP contribution in [0.2, 0.25) is 0 Å². The number of hydrogen-bond acceptors (Lipinski definition) is 5. The predicted octanol–water partition coefficient (Wildman–Crippen LogP) is 5.16. The van der Waals surface area contributed by atoms with Gasteiger partial charge in [0, 0.05) is 12.2 Å². The van der Waals surface area contributed by atoms with Gasteiger partial charge in [0.1, 0.15) is 11.5 Å². The molecule has 0 bridgehead atoms. The maximum Gasteiger partial charge on any atom is 0.335 e. The zero-order valence-electron chi connectivity index (χ0n) is 18.4. The number of carbonyl (C=O) groups is 1. The number of aromatic nitrogens is 1. The molecule has 1 aliphatic carbocycles. The first-order chi connectivity index (χ1) is 14.2. The lowest BCUT2D eigenvalue weighted by molar-refractivity contribution is -0.163. The van der Waals surface area contributed by atoms with Gasteiger partial charge in [-0.05, 0) is 70.9 Å². The molecule has 2 unspecified atom stereocenters. The Labute approximate surface area is 178 Å². The average molecular weight is 416 g/mol. The zero-order valence-corrected chi connectivity index (χ0v) is 18.4. The third-order valence-electron chi connectivity index (χ3n) is 5.87. The van der Waals surface area contributed by atoms with E-state index in [-0.39, 0.29) is 0 Å². The number of carboxylic acids is 1. The van der Waals surface area contributed by atoms with E-state index in [2.05, 4.69) is 11.9 Å². The Bertz CT molecular complexity index is 840. The number of ether oxygens (including phenoxy) is 2. The Kier molecular flexibility index (Phi) is 7.32. The van der Waals surface area contributed by atoms with E-state index in [4.69, 9.17) is 13.9 Å². The van der Waals surface area contributed by atoms with E-state index >= 15 is 0 Å². The fraction of sp³-hybridized carbons (Fsp3) is 0.583. The summed E-state index contributed by atoms with van der Waals surface area (Å²) in [6.45, 7) is 8.77. The van der Waals surface area contributed by atoms with Gasteiger partial charge in [0.25, 0.3) is 0 Å². The van der Waals surface area contributed by atoms with Gasteiger partial charge >= 0.3 is 5.97 Å². The number of oxazole rings is 1. The summed E-state index contributed by atoms with van der Waals surface area (Å²) < 4.78 is 17.5. The van der Waals surface area contributed by atoms with Gasteiger partial charge in [-0.15, -0.1) is 0 Å². The van der Waals surface area contributed by atoms with Crippen molar-refractivity contribution in [1.82, 2.24) is 4.98 Å². The van der Waals surface area contributed by atoms with Crippen molar-refractivity contribution in [3.05, 3.63) is 41.3 Å². The predicted molar refractivity (Wildman–Crippen MR) is 114 cm³/mol. The summed E-state index contributed by atoms with van der Waals surface area (Å²) in [7, 11) is 0. The van der Waals surface area contributed by atoms with E-state index in [1.807, 2.05) is 31.2 Å². The summed E-state index contributed by atoms with van der Waals surface area (Å²) in [4.78, 5) is 15.8. The second kappa shape index (κ2) is 9.75. The minimum Gasteiger partial charge on any atom is -0.479 e. The first-order valence-corrected chi connectivity index (χ1v) is 10.7. The fourth-order valence-electron chi connectivity index (χ4n) is 3.80. The quantitative estimate of drug-likeness (QED) is 0.609. The molecule has 164 valence electrons. The minimum atomic E-state index is -1.14. The van der Waals surface area contributed by atoms with Gasteiger partial charge in [-0.25, -0.2) is 9.78 Å². The van der Waals surface area contributed by atoms with E-state index in [0.717, 1.165) is 42.7 Å². The Morgan fingerprint density at radius 2 is 1.83 bits per heavy atom. The standard InChI is InChI=1S/C24H33NO5/c1-16-8-10-20(11-9-16)22-25-21(17(2)30-22)15-28-13-18-6-5-7-19(12-18)14-29-24(3,4)23(26)27/h8-11,18-19H,5-7,12-15H2,1-4H3,(H,26,27). The summed E-state index contributed by atoms with van der Waals surface area (Å²) in [5.41, 5.74) is 1.87. The number of benzene rings is 1. The molecule has 1 saturated carbocycles. The van der Waals surface area contributed by atoms with Crippen LogP contribution in [0.4, 0.5) is 0 Å². The van der Waals surface area contributed by atoms with E-state index in [9.17, 15) is 9.90 Å². The maximum absolute atomic E-state index is 11.2. The Morgan fingerprint density at radius 3 is 2.50 bits per heavy atom. The molecule has 0 spiro atoms. The largest absolute Gasteiger partial charge is 0.479 e. The summed E-state index contributed by atoms with van der Waals surface area (Å²) >= 11 is 0. The lowest BCUT2D eigenvalue weighted by Gasteiger charge is -2.31. The number of carboxylic acid groups (broad SMARTS) is 1. The van der Waals surface area contributed by atoms with Crippen molar-refractivity contribution < 1.29 is 23.8 Å². The summed E-state index contributed by atoms with van der Waals surface area (Å²) in [5.74, 6) is 1.33. The van der Waals surface area contributed by atoms with E-state index in [1.165, 1.54) is 5.56 Å². The molecule has 1 aliphatic rings. The monoisotopic (exact) mass is 415 g/mol. The first kappa shape index (κ1) is 22.5. The second-order valence-corrected chi connectivity index (χ2v) is 8.93. The molecule has 2 atom stereocenters. The lowest BCUT2D eigenvalue weighted by atomic mass is 9.82. The van der Waals surface area contributed by atoms with Gasteiger partial charge in [-0.1, -0.05) is 24.1 Å². The van der Waals surface area contributed by atoms with Crippen molar-refractivity contribution in [2.75, 3.05) is 13.2 Å². The normalized spacial score (nSPS) is 19.7. The molecule has 1 N–H and O–H groups in total. The molecule has 6 heteroatoms. The topological polar surface area (TPSA) is 81.8 Å². The number of rotatable bonds is 9. The van der Waals surface area contributed by atoms with Crippen molar-refractivity contribution in [1.29, 1.82) is 0 Å². The van der Waals surface area contributed by atoms with Crippen molar-refractivity contribution >= 4 is 5.97 Å². The number of nitrogens with zero attached hydrogens (tertiary/aromatic N) is 1. The molecule has 6 nitrogen and oxygen atoms in total. The van der Waals surface area contributed by atoms with Crippen LogP contribution in [0.15, 0.2) is 28.7 Å². The molecule has 0 saturated heterocycles. The van der Waals surface area contributed by atoms with Crippen LogP contribution in [0, 0.1) is 25.7 Å². The summed E-state index contributed by atoms with van der Waals surface area (Å²) in [5, 5.41) is 9.20. The third-order valence-corrected chi connectivity index (χ3v) is 5.87. The smallest absolute Gasteiger partial charge is 0.335 e. The average Bonchev–Trinajstić information content (AvgIpc) is 3.08. The van der Waals surface area contributed by atoms with Gasteiger partial charge in [0.05, 0.1) is 13.2 Å². The van der Waals surface area contributed by atoms with Gasteiger partial charge in [0.2, 0.25) is 5.89 Å². The maximum atomic E-state index is 11.2. The first-order valence-electron chi connectivity index (χ1n) is 10.7. The Hall–Kier alpha value is -2.18. The van der Waals surface area contributed by atoms with E-state index < -0.39 is 11.6 Å². The third kappa shape index (κ3) is 5.92. The highest BCUT2D eigenvalue weighted by molar-refractivity contribution is 5.76. The number of aliphatic carboxylic acids is 1. The molecule has 1 fully saturated rings. The summed E-state index contributed by atoms with van der Waals surface area (Å²) in [6.07, 6.45) is 4.33. The van der Waals surface area contributed by atoms with Crippen molar-refractivity contribution in [2.45, 2.75) is 65.6 Å².